The van der Waals surface area contributed by atoms with Gasteiger partial charge in [0, 0.05) is 51.4 Å². The number of anilines is 1. The van der Waals surface area contributed by atoms with Crippen LogP contribution < -0.4 is 20.1 Å². The summed E-state index contributed by atoms with van der Waals surface area (Å²) in [4.78, 5) is 28.5. The number of rotatable bonds is 4. The SMILES string of the molecule is CC1=C(C(=O)Nc2ccc(F)cc2)[C@H](c2ccc3c(c2)OCO3)C2=C(C[C@@H](c3cccs3)CC2=O)N1. The highest BCUT2D eigenvalue weighted by molar-refractivity contribution is 7.10. The molecule has 0 bridgehead atoms. The van der Waals surface area contributed by atoms with Gasteiger partial charge in [0.1, 0.15) is 5.82 Å². The zero-order valence-electron chi connectivity index (χ0n) is 19.5. The number of allylic oxidation sites excluding steroid dienone is 3. The maximum atomic E-state index is 13.7. The molecule has 0 saturated carbocycles. The Balaban J connectivity index is 1.42. The minimum Gasteiger partial charge on any atom is -0.454 e. The largest absolute Gasteiger partial charge is 0.454 e. The van der Waals surface area contributed by atoms with Crippen LogP contribution in [0.4, 0.5) is 10.1 Å². The smallest absolute Gasteiger partial charge is 0.254 e. The van der Waals surface area contributed by atoms with Crippen molar-refractivity contribution in [3.05, 3.63) is 98.8 Å². The van der Waals surface area contributed by atoms with Gasteiger partial charge in [-0.2, -0.15) is 0 Å². The molecule has 1 amide bonds. The number of amides is 1. The van der Waals surface area contributed by atoms with Gasteiger partial charge in [-0.05, 0) is 66.8 Å². The van der Waals surface area contributed by atoms with E-state index >= 15 is 0 Å². The van der Waals surface area contributed by atoms with Crippen molar-refractivity contribution in [3.8, 4) is 11.5 Å². The molecule has 2 aliphatic heterocycles. The van der Waals surface area contributed by atoms with Gasteiger partial charge in [0.15, 0.2) is 17.3 Å². The second kappa shape index (κ2) is 8.95. The van der Waals surface area contributed by atoms with Crippen molar-refractivity contribution in [2.24, 2.45) is 0 Å². The van der Waals surface area contributed by atoms with Gasteiger partial charge < -0.3 is 20.1 Å². The summed E-state index contributed by atoms with van der Waals surface area (Å²) in [5.41, 5.74) is 3.83. The molecule has 0 spiro atoms. The third-order valence-electron chi connectivity index (χ3n) is 6.85. The maximum absolute atomic E-state index is 13.7. The molecule has 36 heavy (non-hydrogen) atoms. The fourth-order valence-corrected chi connectivity index (χ4v) is 6.05. The summed E-state index contributed by atoms with van der Waals surface area (Å²) in [6, 6.07) is 15.2. The lowest BCUT2D eigenvalue weighted by atomic mass is 9.72. The van der Waals surface area contributed by atoms with Crippen LogP contribution in [0.2, 0.25) is 0 Å². The van der Waals surface area contributed by atoms with Crippen LogP contribution in [-0.2, 0) is 9.59 Å². The minimum absolute atomic E-state index is 0.0180. The third-order valence-corrected chi connectivity index (χ3v) is 7.88. The summed E-state index contributed by atoms with van der Waals surface area (Å²) in [6.07, 6.45) is 1.07. The molecule has 0 fully saturated rings. The topological polar surface area (TPSA) is 76.7 Å². The quantitative estimate of drug-likeness (QED) is 0.485. The van der Waals surface area contributed by atoms with E-state index in [-0.39, 0.29) is 30.2 Å². The van der Waals surface area contributed by atoms with E-state index in [1.807, 2.05) is 36.6 Å². The van der Waals surface area contributed by atoms with Crippen LogP contribution in [0.15, 0.2) is 82.5 Å². The molecule has 2 N–H and O–H groups in total. The third kappa shape index (κ3) is 3.97. The van der Waals surface area contributed by atoms with Crippen molar-refractivity contribution in [1.82, 2.24) is 5.32 Å². The molecule has 2 atom stereocenters. The first kappa shape index (κ1) is 22.5. The predicted octanol–water partition coefficient (Wildman–Crippen LogP) is 5.62. The molecule has 0 unspecified atom stereocenters. The molecule has 0 saturated heterocycles. The van der Waals surface area contributed by atoms with Crippen LogP contribution in [-0.4, -0.2) is 18.5 Å². The number of hydrogen-bond acceptors (Lipinski definition) is 6. The number of carbonyl (C=O) groups is 2. The Morgan fingerprint density at radius 1 is 1.08 bits per heavy atom. The number of carbonyl (C=O) groups excluding carboxylic acids is 2. The lowest BCUT2D eigenvalue weighted by Crippen LogP contribution is -2.37. The van der Waals surface area contributed by atoms with Crippen LogP contribution in [0.25, 0.3) is 0 Å². The normalized spacial score (nSPS) is 20.8. The molecule has 3 aliphatic rings. The highest BCUT2D eigenvalue weighted by Gasteiger charge is 2.41. The lowest BCUT2D eigenvalue weighted by molar-refractivity contribution is -0.116. The number of benzene rings is 2. The molecule has 6 nitrogen and oxygen atoms in total. The van der Waals surface area contributed by atoms with E-state index in [9.17, 15) is 14.0 Å². The van der Waals surface area contributed by atoms with E-state index in [0.29, 0.717) is 46.9 Å². The van der Waals surface area contributed by atoms with Gasteiger partial charge in [0.25, 0.3) is 5.91 Å². The Bertz CT molecular complexity index is 1430. The summed E-state index contributed by atoms with van der Waals surface area (Å²) in [7, 11) is 0. The molecule has 182 valence electrons. The molecule has 2 aromatic carbocycles. The highest BCUT2D eigenvalue weighted by Crippen LogP contribution is 2.47. The van der Waals surface area contributed by atoms with Gasteiger partial charge in [-0.15, -0.1) is 11.3 Å². The molecular weight excluding hydrogens is 479 g/mol. The second-order valence-corrected chi connectivity index (χ2v) is 10.1. The number of ketones is 1. The number of ether oxygens (including phenoxy) is 2. The van der Waals surface area contributed by atoms with Gasteiger partial charge in [-0.25, -0.2) is 4.39 Å². The second-order valence-electron chi connectivity index (χ2n) is 9.11. The van der Waals surface area contributed by atoms with Crippen molar-refractivity contribution in [1.29, 1.82) is 0 Å². The van der Waals surface area contributed by atoms with Crippen molar-refractivity contribution in [3.63, 3.8) is 0 Å². The number of fused-ring (bicyclic) bond motifs is 1. The predicted molar refractivity (Wildman–Crippen MR) is 134 cm³/mol. The van der Waals surface area contributed by atoms with Crippen LogP contribution in [0.3, 0.4) is 0 Å². The van der Waals surface area contributed by atoms with Gasteiger partial charge in [0.05, 0.1) is 0 Å². The van der Waals surface area contributed by atoms with E-state index in [4.69, 9.17) is 9.47 Å². The van der Waals surface area contributed by atoms with E-state index < -0.39 is 5.92 Å². The summed E-state index contributed by atoms with van der Waals surface area (Å²) in [6.45, 7) is 1.98. The van der Waals surface area contributed by atoms with Crippen LogP contribution in [0.5, 0.6) is 11.5 Å². The Morgan fingerprint density at radius 2 is 1.89 bits per heavy atom. The van der Waals surface area contributed by atoms with Crippen molar-refractivity contribution >= 4 is 28.7 Å². The number of thiophene rings is 1. The van der Waals surface area contributed by atoms with Crippen molar-refractivity contribution in [2.75, 3.05) is 12.1 Å². The first-order valence-corrected chi connectivity index (χ1v) is 12.6. The summed E-state index contributed by atoms with van der Waals surface area (Å²) in [5, 5.41) is 8.28. The zero-order valence-corrected chi connectivity index (χ0v) is 20.3. The fraction of sp³-hybridized carbons (Fsp3) is 0.214. The van der Waals surface area contributed by atoms with Gasteiger partial charge in [0.2, 0.25) is 6.79 Å². The van der Waals surface area contributed by atoms with E-state index in [2.05, 4.69) is 16.7 Å². The standard InChI is InChI=1S/C28H23FN2O4S/c1-15-25(28(33)31-19-7-5-18(29)6-8-19)26(16-4-9-22-23(13-16)35-14-34-22)27-20(30-15)11-17(12-21(27)32)24-3-2-10-36-24/h2-10,13,17,26,30H,11-12,14H2,1H3,(H,31,33)/t17-,26+/m1/s1. The number of halogens is 1. The molecule has 1 aliphatic carbocycles. The molecule has 1 aromatic heterocycles. The Morgan fingerprint density at radius 3 is 2.67 bits per heavy atom. The maximum Gasteiger partial charge on any atom is 0.254 e. The van der Waals surface area contributed by atoms with Gasteiger partial charge in [-0.1, -0.05) is 12.1 Å². The molecule has 8 heteroatoms. The number of hydrogen-bond donors (Lipinski definition) is 2. The first-order valence-electron chi connectivity index (χ1n) is 11.7. The van der Waals surface area contributed by atoms with Gasteiger partial charge >= 0.3 is 0 Å². The Kier molecular flexibility index (Phi) is 5.60. The van der Waals surface area contributed by atoms with E-state index in [1.165, 1.54) is 29.1 Å². The van der Waals surface area contributed by atoms with E-state index in [1.54, 1.807) is 11.3 Å². The fourth-order valence-electron chi connectivity index (χ4n) is 5.22. The van der Waals surface area contributed by atoms with Crippen molar-refractivity contribution < 1.29 is 23.5 Å². The Labute approximate surface area is 211 Å². The van der Waals surface area contributed by atoms with Crippen LogP contribution in [0.1, 0.15) is 42.0 Å². The number of Topliss-reactive ketones (excluding diaryl/α,β-unsaturated/α-hetero) is 1. The van der Waals surface area contributed by atoms with Crippen LogP contribution >= 0.6 is 11.3 Å². The Hall–Kier alpha value is -3.91. The lowest BCUT2D eigenvalue weighted by Gasteiger charge is -2.36. The number of dihydropyridines is 1. The first-order chi connectivity index (χ1) is 17.5. The number of nitrogens with one attached hydrogen (secondary N) is 2. The molecular formula is C28H23FN2O4S. The summed E-state index contributed by atoms with van der Waals surface area (Å²) in [5.74, 6) is 0.0234. The van der Waals surface area contributed by atoms with Gasteiger partial charge in [-0.3, -0.25) is 9.59 Å². The highest BCUT2D eigenvalue weighted by atomic mass is 32.1. The minimum atomic E-state index is -0.576. The molecule has 0 radical (unpaired) electrons. The van der Waals surface area contributed by atoms with Crippen LogP contribution in [0, 0.1) is 5.82 Å². The van der Waals surface area contributed by atoms with Crippen molar-refractivity contribution in [2.45, 2.75) is 31.6 Å². The molecule has 3 heterocycles. The molecule has 3 aromatic rings. The summed E-state index contributed by atoms with van der Waals surface area (Å²) < 4.78 is 24.5. The van der Waals surface area contributed by atoms with E-state index in [0.717, 1.165) is 11.3 Å². The average molecular weight is 503 g/mol. The monoisotopic (exact) mass is 502 g/mol. The summed E-state index contributed by atoms with van der Waals surface area (Å²) >= 11 is 1.65. The average Bonchev–Trinajstić information content (AvgIpc) is 3.56. The zero-order chi connectivity index (χ0) is 24.8. The molecule has 6 rings (SSSR count).